The van der Waals surface area contributed by atoms with Gasteiger partial charge in [0.2, 0.25) is 0 Å². The largest absolute Gasteiger partial charge is 0.349 e. The molecule has 1 aromatic carbocycles. The van der Waals surface area contributed by atoms with Gasteiger partial charge in [-0.3, -0.25) is 9.79 Å². The molecule has 0 fully saturated rings. The van der Waals surface area contributed by atoms with E-state index < -0.39 is 0 Å². The summed E-state index contributed by atoms with van der Waals surface area (Å²) in [5.41, 5.74) is 1.44. The molecule has 2 rings (SSSR count). The molecule has 1 amide bonds. The van der Waals surface area contributed by atoms with Gasteiger partial charge in [0.25, 0.3) is 5.91 Å². The van der Waals surface area contributed by atoms with Crippen LogP contribution in [0.4, 0.5) is 0 Å². The van der Waals surface area contributed by atoms with Crippen LogP contribution in [0.5, 0.6) is 0 Å². The summed E-state index contributed by atoms with van der Waals surface area (Å²) in [6.07, 6.45) is 0. The molecule has 66 valence electrons. The lowest BCUT2D eigenvalue weighted by molar-refractivity contribution is -0.114. The van der Waals surface area contributed by atoms with Gasteiger partial charge in [-0.15, -0.1) is 0 Å². The highest BCUT2D eigenvalue weighted by Crippen LogP contribution is 2.03. The van der Waals surface area contributed by atoms with E-state index in [2.05, 4.69) is 10.3 Å². The molecule has 0 bridgehead atoms. The summed E-state index contributed by atoms with van der Waals surface area (Å²) in [7, 11) is 0. The quantitative estimate of drug-likeness (QED) is 0.665. The fourth-order valence-corrected chi connectivity index (χ4v) is 1.31. The molecule has 3 heteroatoms. The molecule has 0 saturated carbocycles. The zero-order chi connectivity index (χ0) is 9.10. The normalized spacial score (nSPS) is 16.3. The third-order valence-corrected chi connectivity index (χ3v) is 1.93. The van der Waals surface area contributed by atoms with Crippen LogP contribution in [0.1, 0.15) is 5.56 Å². The predicted molar refractivity (Wildman–Crippen MR) is 50.9 cm³/mol. The second-order valence-electron chi connectivity index (χ2n) is 2.85. The van der Waals surface area contributed by atoms with Crippen molar-refractivity contribution in [3.63, 3.8) is 0 Å². The number of carbonyl (C=O) groups excluding carboxylic acids is 1. The molecule has 0 radical (unpaired) electrons. The first-order valence-corrected chi connectivity index (χ1v) is 4.26. The van der Waals surface area contributed by atoms with Crippen molar-refractivity contribution in [3.05, 3.63) is 35.9 Å². The van der Waals surface area contributed by atoms with Crippen molar-refractivity contribution >= 4 is 11.6 Å². The van der Waals surface area contributed by atoms with E-state index >= 15 is 0 Å². The summed E-state index contributed by atoms with van der Waals surface area (Å²) in [4.78, 5) is 15.5. The molecule has 1 aromatic rings. The Bertz CT molecular complexity index is 343. The van der Waals surface area contributed by atoms with Gasteiger partial charge >= 0.3 is 0 Å². The predicted octanol–water partition coefficient (Wildman–Crippen LogP) is 0.605. The number of rotatable bonds is 1. The second-order valence-corrected chi connectivity index (χ2v) is 2.85. The summed E-state index contributed by atoms with van der Waals surface area (Å²) in [6.45, 7) is 1.32. The SMILES string of the molecule is O=C1NCCN=C1c1ccccc1. The summed E-state index contributed by atoms with van der Waals surface area (Å²) < 4.78 is 0. The molecule has 1 aliphatic heterocycles. The maximum Gasteiger partial charge on any atom is 0.270 e. The highest BCUT2D eigenvalue weighted by molar-refractivity contribution is 6.45. The van der Waals surface area contributed by atoms with Crippen LogP contribution in [0.3, 0.4) is 0 Å². The van der Waals surface area contributed by atoms with Crippen LogP contribution in [0.15, 0.2) is 35.3 Å². The Labute approximate surface area is 76.5 Å². The molecule has 0 atom stereocenters. The van der Waals surface area contributed by atoms with E-state index in [1.165, 1.54) is 0 Å². The van der Waals surface area contributed by atoms with Crippen LogP contribution in [-0.2, 0) is 4.79 Å². The number of nitrogens with one attached hydrogen (secondary N) is 1. The zero-order valence-electron chi connectivity index (χ0n) is 7.16. The Hall–Kier alpha value is -1.64. The fraction of sp³-hybridized carbons (Fsp3) is 0.200. The lowest BCUT2D eigenvalue weighted by Gasteiger charge is -2.12. The lowest BCUT2D eigenvalue weighted by Crippen LogP contribution is -2.37. The molecular weight excluding hydrogens is 164 g/mol. The second kappa shape index (κ2) is 3.39. The number of hydrogen-bond donors (Lipinski definition) is 1. The Balaban J connectivity index is 2.35. The van der Waals surface area contributed by atoms with E-state index in [1.54, 1.807) is 0 Å². The molecule has 1 N–H and O–H groups in total. The highest BCUT2D eigenvalue weighted by Gasteiger charge is 2.15. The average Bonchev–Trinajstić information content (AvgIpc) is 2.20. The standard InChI is InChI=1S/C10H10N2O/c13-10-9(11-6-7-12-10)8-4-2-1-3-5-8/h1-5H,6-7H2,(H,12,13). The van der Waals surface area contributed by atoms with Gasteiger partial charge in [-0.25, -0.2) is 0 Å². The lowest BCUT2D eigenvalue weighted by atomic mass is 10.1. The summed E-state index contributed by atoms with van der Waals surface area (Å²) in [6, 6.07) is 9.51. The minimum atomic E-state index is -0.0718. The monoisotopic (exact) mass is 174 g/mol. The van der Waals surface area contributed by atoms with Gasteiger partial charge in [-0.1, -0.05) is 30.3 Å². The molecule has 0 aliphatic carbocycles. The molecule has 0 aromatic heterocycles. The van der Waals surface area contributed by atoms with Gasteiger partial charge in [0, 0.05) is 12.1 Å². The van der Waals surface area contributed by atoms with Crippen LogP contribution in [0.2, 0.25) is 0 Å². The smallest absolute Gasteiger partial charge is 0.270 e. The first-order chi connectivity index (χ1) is 6.38. The topological polar surface area (TPSA) is 41.5 Å². The van der Waals surface area contributed by atoms with E-state index in [1.807, 2.05) is 30.3 Å². The van der Waals surface area contributed by atoms with Crippen LogP contribution in [0, 0.1) is 0 Å². The Morgan fingerprint density at radius 1 is 1.23 bits per heavy atom. The third kappa shape index (κ3) is 1.59. The first kappa shape index (κ1) is 7.98. The van der Waals surface area contributed by atoms with Crippen molar-refractivity contribution in [2.24, 2.45) is 4.99 Å². The Kier molecular flexibility index (Phi) is 2.08. The summed E-state index contributed by atoms with van der Waals surface area (Å²) in [5, 5.41) is 2.76. The van der Waals surface area contributed by atoms with E-state index in [0.29, 0.717) is 18.8 Å². The van der Waals surface area contributed by atoms with Crippen LogP contribution >= 0.6 is 0 Å². The molecule has 3 nitrogen and oxygen atoms in total. The van der Waals surface area contributed by atoms with E-state index in [4.69, 9.17) is 0 Å². The van der Waals surface area contributed by atoms with Gasteiger partial charge in [0.15, 0.2) is 0 Å². The molecule has 0 unspecified atom stereocenters. The van der Waals surface area contributed by atoms with Crippen molar-refractivity contribution in [2.45, 2.75) is 0 Å². The molecule has 1 aliphatic rings. The van der Waals surface area contributed by atoms with Crippen LogP contribution in [-0.4, -0.2) is 24.7 Å². The maximum atomic E-state index is 11.4. The number of nitrogens with zero attached hydrogens (tertiary/aromatic N) is 1. The maximum absolute atomic E-state index is 11.4. The van der Waals surface area contributed by atoms with Crippen LogP contribution in [0.25, 0.3) is 0 Å². The fourth-order valence-electron chi connectivity index (χ4n) is 1.31. The average molecular weight is 174 g/mol. The number of benzene rings is 1. The van der Waals surface area contributed by atoms with Crippen LogP contribution < -0.4 is 5.32 Å². The van der Waals surface area contributed by atoms with Crippen molar-refractivity contribution < 1.29 is 4.79 Å². The summed E-state index contributed by atoms with van der Waals surface area (Å²) >= 11 is 0. The van der Waals surface area contributed by atoms with Crippen molar-refractivity contribution in [2.75, 3.05) is 13.1 Å². The van der Waals surface area contributed by atoms with E-state index in [-0.39, 0.29) is 5.91 Å². The third-order valence-electron chi connectivity index (χ3n) is 1.93. The summed E-state index contributed by atoms with van der Waals surface area (Å²) in [5.74, 6) is -0.0718. The number of carbonyl (C=O) groups is 1. The number of amides is 1. The Morgan fingerprint density at radius 2 is 2.00 bits per heavy atom. The minimum Gasteiger partial charge on any atom is -0.349 e. The molecule has 13 heavy (non-hydrogen) atoms. The first-order valence-electron chi connectivity index (χ1n) is 4.26. The van der Waals surface area contributed by atoms with Gasteiger partial charge < -0.3 is 5.32 Å². The van der Waals surface area contributed by atoms with Gasteiger partial charge in [-0.2, -0.15) is 0 Å². The van der Waals surface area contributed by atoms with Gasteiger partial charge in [0.05, 0.1) is 6.54 Å². The van der Waals surface area contributed by atoms with Gasteiger partial charge in [-0.05, 0) is 0 Å². The zero-order valence-corrected chi connectivity index (χ0v) is 7.16. The van der Waals surface area contributed by atoms with Crippen molar-refractivity contribution in [1.29, 1.82) is 0 Å². The van der Waals surface area contributed by atoms with Crippen molar-refractivity contribution in [1.82, 2.24) is 5.32 Å². The molecular formula is C10H10N2O. The number of hydrogen-bond acceptors (Lipinski definition) is 2. The minimum absolute atomic E-state index is 0.0718. The molecule has 1 heterocycles. The van der Waals surface area contributed by atoms with Crippen molar-refractivity contribution in [3.8, 4) is 0 Å². The van der Waals surface area contributed by atoms with E-state index in [0.717, 1.165) is 5.56 Å². The van der Waals surface area contributed by atoms with Gasteiger partial charge in [0.1, 0.15) is 5.71 Å². The molecule has 0 saturated heterocycles. The van der Waals surface area contributed by atoms with E-state index in [9.17, 15) is 4.79 Å². The highest BCUT2D eigenvalue weighted by atomic mass is 16.2. The Morgan fingerprint density at radius 3 is 2.69 bits per heavy atom. The molecule has 0 spiro atoms. The number of aliphatic imine (C=N–C) groups is 1.